The number of nitrogens with zero attached hydrogens (tertiary/aromatic N) is 2. The van der Waals surface area contributed by atoms with Crippen molar-refractivity contribution < 1.29 is 0 Å². The van der Waals surface area contributed by atoms with Crippen molar-refractivity contribution in [3.8, 4) is 0 Å². The van der Waals surface area contributed by atoms with E-state index in [1.807, 2.05) is 31.1 Å². The van der Waals surface area contributed by atoms with Gasteiger partial charge in [-0.1, -0.05) is 22.9 Å². The molecule has 0 spiro atoms. The van der Waals surface area contributed by atoms with Crippen LogP contribution in [0.4, 0.5) is 10.8 Å². The molecule has 2 N–H and O–H groups in total. The highest BCUT2D eigenvalue weighted by atomic mass is 35.5. The average Bonchev–Trinajstić information content (AvgIpc) is 2.42. The third-order valence-corrected chi connectivity index (χ3v) is 3.11. The molecule has 0 saturated carbocycles. The number of aromatic nitrogens is 1. The van der Waals surface area contributed by atoms with Crippen molar-refractivity contribution >= 4 is 44.0 Å². The fourth-order valence-electron chi connectivity index (χ4n) is 1.30. The number of hydrogen-bond donors (Lipinski definition) is 1. The Bertz CT molecular complexity index is 478. The summed E-state index contributed by atoms with van der Waals surface area (Å²) >= 11 is 7.56. The molecule has 2 rings (SSSR count). The molecule has 0 atom stereocenters. The molecule has 0 aliphatic rings. The summed E-state index contributed by atoms with van der Waals surface area (Å²) in [5, 5.41) is 1.28. The summed E-state index contributed by atoms with van der Waals surface area (Å²) in [4.78, 5) is 6.14. The molecule has 74 valence electrons. The third-order valence-electron chi connectivity index (χ3n) is 1.96. The van der Waals surface area contributed by atoms with Crippen LogP contribution < -0.4 is 10.6 Å². The zero-order chi connectivity index (χ0) is 10.3. The predicted molar refractivity (Wildman–Crippen MR) is 63.4 cm³/mol. The van der Waals surface area contributed by atoms with Crippen molar-refractivity contribution in [2.75, 3.05) is 24.7 Å². The van der Waals surface area contributed by atoms with E-state index in [1.54, 1.807) is 0 Å². The van der Waals surface area contributed by atoms with Crippen LogP contribution in [0.1, 0.15) is 0 Å². The molecular formula is C9H10ClN3S. The van der Waals surface area contributed by atoms with E-state index in [0.29, 0.717) is 10.2 Å². The van der Waals surface area contributed by atoms with Crippen LogP contribution in [0.2, 0.25) is 5.02 Å². The first-order chi connectivity index (χ1) is 6.58. The van der Waals surface area contributed by atoms with E-state index >= 15 is 0 Å². The number of nitrogens with two attached hydrogens (primary N) is 1. The van der Waals surface area contributed by atoms with E-state index in [0.717, 1.165) is 15.9 Å². The van der Waals surface area contributed by atoms with Crippen LogP contribution in [0.25, 0.3) is 10.2 Å². The zero-order valence-corrected chi connectivity index (χ0v) is 9.49. The minimum absolute atomic E-state index is 0.576. The Morgan fingerprint density at radius 2 is 2.14 bits per heavy atom. The van der Waals surface area contributed by atoms with Gasteiger partial charge in [0.15, 0.2) is 5.13 Å². The van der Waals surface area contributed by atoms with E-state index in [-0.39, 0.29) is 0 Å². The van der Waals surface area contributed by atoms with Gasteiger partial charge in [0.05, 0.1) is 20.9 Å². The minimum atomic E-state index is 0.576. The summed E-state index contributed by atoms with van der Waals surface area (Å²) in [6, 6.07) is 3.85. The lowest BCUT2D eigenvalue weighted by atomic mass is 10.3. The van der Waals surface area contributed by atoms with E-state index in [2.05, 4.69) is 4.98 Å². The predicted octanol–water partition coefficient (Wildman–Crippen LogP) is 2.60. The normalized spacial score (nSPS) is 10.8. The highest BCUT2D eigenvalue weighted by Gasteiger charge is 2.08. The first kappa shape index (κ1) is 9.55. The Hall–Kier alpha value is -1.00. The van der Waals surface area contributed by atoms with E-state index in [9.17, 15) is 0 Å². The summed E-state index contributed by atoms with van der Waals surface area (Å²) in [6.45, 7) is 0. The smallest absolute Gasteiger partial charge is 0.181 e. The Labute approximate surface area is 91.1 Å². The van der Waals surface area contributed by atoms with Gasteiger partial charge in [0.1, 0.15) is 0 Å². The average molecular weight is 228 g/mol. The molecular weight excluding hydrogens is 218 g/mol. The van der Waals surface area contributed by atoms with Crippen LogP contribution in [0.3, 0.4) is 0 Å². The number of halogens is 1. The molecule has 3 nitrogen and oxygen atoms in total. The first-order valence-electron chi connectivity index (χ1n) is 4.11. The monoisotopic (exact) mass is 227 g/mol. The van der Waals surface area contributed by atoms with Gasteiger partial charge in [-0.3, -0.25) is 0 Å². The fraction of sp³-hybridized carbons (Fsp3) is 0.222. The maximum Gasteiger partial charge on any atom is 0.181 e. The van der Waals surface area contributed by atoms with E-state index in [1.165, 1.54) is 11.3 Å². The van der Waals surface area contributed by atoms with Crippen molar-refractivity contribution in [2.24, 2.45) is 0 Å². The van der Waals surface area contributed by atoms with E-state index in [4.69, 9.17) is 17.3 Å². The number of benzene rings is 1. The molecule has 0 fully saturated rings. The molecule has 0 unspecified atom stereocenters. The first-order valence-corrected chi connectivity index (χ1v) is 5.30. The van der Waals surface area contributed by atoms with Gasteiger partial charge in [0.2, 0.25) is 0 Å². The van der Waals surface area contributed by atoms with Crippen molar-refractivity contribution in [1.29, 1.82) is 0 Å². The van der Waals surface area contributed by atoms with Gasteiger partial charge in [-0.05, 0) is 12.1 Å². The molecule has 2 aromatic rings. The van der Waals surface area contributed by atoms with Crippen molar-refractivity contribution in [3.63, 3.8) is 0 Å². The quantitative estimate of drug-likeness (QED) is 0.815. The molecule has 0 aliphatic heterocycles. The van der Waals surface area contributed by atoms with Gasteiger partial charge < -0.3 is 10.6 Å². The highest BCUT2D eigenvalue weighted by Crippen LogP contribution is 2.33. The standard InChI is InChI=1S/C9H10ClN3S/c1-13(2)7-4-8-6(3-5(7)10)12-9(11)14-8/h3-4H,1-2H3,(H2,11,12). The number of rotatable bonds is 1. The number of hydrogen-bond acceptors (Lipinski definition) is 4. The molecule has 0 amide bonds. The van der Waals surface area contributed by atoms with Gasteiger partial charge in [0, 0.05) is 14.1 Å². The van der Waals surface area contributed by atoms with Crippen LogP contribution in [0.15, 0.2) is 12.1 Å². The topological polar surface area (TPSA) is 42.1 Å². The lowest BCUT2D eigenvalue weighted by Gasteiger charge is -2.13. The number of fused-ring (bicyclic) bond motifs is 1. The van der Waals surface area contributed by atoms with Crippen LogP contribution in [-0.4, -0.2) is 19.1 Å². The summed E-state index contributed by atoms with van der Waals surface area (Å²) in [5.74, 6) is 0. The summed E-state index contributed by atoms with van der Waals surface area (Å²) in [6.07, 6.45) is 0. The second kappa shape index (κ2) is 3.29. The molecule has 14 heavy (non-hydrogen) atoms. The Kier molecular flexibility index (Phi) is 2.25. The van der Waals surface area contributed by atoms with Crippen molar-refractivity contribution in [3.05, 3.63) is 17.2 Å². The lowest BCUT2D eigenvalue weighted by Crippen LogP contribution is -2.08. The minimum Gasteiger partial charge on any atom is -0.376 e. The van der Waals surface area contributed by atoms with Crippen LogP contribution in [0.5, 0.6) is 0 Å². The molecule has 5 heteroatoms. The zero-order valence-electron chi connectivity index (χ0n) is 7.91. The Morgan fingerprint density at radius 3 is 2.79 bits per heavy atom. The summed E-state index contributed by atoms with van der Waals surface area (Å²) in [5.41, 5.74) is 7.47. The van der Waals surface area contributed by atoms with Crippen LogP contribution in [0, 0.1) is 0 Å². The largest absolute Gasteiger partial charge is 0.376 e. The molecule has 0 radical (unpaired) electrons. The third kappa shape index (κ3) is 1.51. The second-order valence-corrected chi connectivity index (χ2v) is 4.69. The van der Waals surface area contributed by atoms with Gasteiger partial charge in [-0.25, -0.2) is 4.98 Å². The van der Waals surface area contributed by atoms with Crippen LogP contribution >= 0.6 is 22.9 Å². The van der Waals surface area contributed by atoms with Gasteiger partial charge in [-0.2, -0.15) is 0 Å². The maximum atomic E-state index is 6.09. The van der Waals surface area contributed by atoms with Gasteiger partial charge >= 0.3 is 0 Å². The summed E-state index contributed by atoms with van der Waals surface area (Å²) < 4.78 is 1.07. The second-order valence-electron chi connectivity index (χ2n) is 3.22. The summed E-state index contributed by atoms with van der Waals surface area (Å²) in [7, 11) is 3.91. The number of anilines is 2. The van der Waals surface area contributed by atoms with Crippen molar-refractivity contribution in [1.82, 2.24) is 4.98 Å². The Morgan fingerprint density at radius 1 is 1.43 bits per heavy atom. The van der Waals surface area contributed by atoms with Crippen LogP contribution in [-0.2, 0) is 0 Å². The van der Waals surface area contributed by atoms with Gasteiger partial charge in [-0.15, -0.1) is 0 Å². The molecule has 1 aromatic carbocycles. The Balaban J connectivity index is 2.70. The number of thiazole rings is 1. The highest BCUT2D eigenvalue weighted by molar-refractivity contribution is 7.22. The van der Waals surface area contributed by atoms with Crippen molar-refractivity contribution in [2.45, 2.75) is 0 Å². The molecule has 1 aromatic heterocycles. The molecule has 0 saturated heterocycles. The molecule has 0 aliphatic carbocycles. The fourth-order valence-corrected chi connectivity index (χ4v) is 2.37. The lowest BCUT2D eigenvalue weighted by molar-refractivity contribution is 1.14. The van der Waals surface area contributed by atoms with E-state index < -0.39 is 0 Å². The maximum absolute atomic E-state index is 6.09. The molecule has 1 heterocycles. The molecule has 0 bridgehead atoms. The number of nitrogen functional groups attached to an aromatic ring is 1. The van der Waals surface area contributed by atoms with Gasteiger partial charge in [0.25, 0.3) is 0 Å². The SMILES string of the molecule is CN(C)c1cc2sc(N)nc2cc1Cl.